The molecular formula is C7H9ClFN3. The van der Waals surface area contributed by atoms with Gasteiger partial charge in [-0.05, 0) is 6.07 Å². The van der Waals surface area contributed by atoms with Crippen LogP contribution in [0.1, 0.15) is 11.6 Å². The number of rotatable bonds is 2. The van der Waals surface area contributed by atoms with Crippen molar-refractivity contribution >= 4 is 11.6 Å². The summed E-state index contributed by atoms with van der Waals surface area (Å²) < 4.78 is 12.9. The summed E-state index contributed by atoms with van der Waals surface area (Å²) in [7, 11) is 0. The first-order valence-corrected chi connectivity index (χ1v) is 3.79. The molecule has 0 saturated carbocycles. The van der Waals surface area contributed by atoms with Gasteiger partial charge in [0.15, 0.2) is 0 Å². The maximum Gasteiger partial charge on any atom is 0.217 e. The zero-order valence-electron chi connectivity index (χ0n) is 6.30. The van der Waals surface area contributed by atoms with Crippen molar-refractivity contribution < 1.29 is 4.39 Å². The molecular weight excluding hydrogens is 181 g/mol. The molecule has 1 heterocycles. The predicted octanol–water partition coefficient (Wildman–Crippen LogP) is 0.833. The van der Waals surface area contributed by atoms with E-state index in [9.17, 15) is 4.39 Å². The Hall–Kier alpha value is -0.710. The molecule has 1 rings (SSSR count). The highest BCUT2D eigenvalue weighted by Crippen LogP contribution is 2.16. The molecule has 3 nitrogen and oxygen atoms in total. The lowest BCUT2D eigenvalue weighted by atomic mass is 10.1. The molecule has 1 aromatic rings. The van der Waals surface area contributed by atoms with Gasteiger partial charge >= 0.3 is 0 Å². The van der Waals surface area contributed by atoms with E-state index in [-0.39, 0.29) is 12.1 Å². The summed E-state index contributed by atoms with van der Waals surface area (Å²) in [4.78, 5) is 3.41. The van der Waals surface area contributed by atoms with Crippen LogP contribution in [0.2, 0.25) is 5.02 Å². The van der Waals surface area contributed by atoms with Crippen LogP contribution in [0, 0.1) is 5.95 Å². The van der Waals surface area contributed by atoms with Crippen LogP contribution >= 0.6 is 11.6 Å². The quantitative estimate of drug-likeness (QED) is 0.678. The average Bonchev–Trinajstić information content (AvgIpc) is 2.08. The van der Waals surface area contributed by atoms with Crippen LogP contribution in [0.15, 0.2) is 12.3 Å². The van der Waals surface area contributed by atoms with E-state index in [1.165, 1.54) is 12.3 Å². The number of halogens is 2. The minimum absolute atomic E-state index is 0.166. The maximum atomic E-state index is 12.9. The molecule has 0 bridgehead atoms. The lowest BCUT2D eigenvalue weighted by Crippen LogP contribution is -2.22. The summed E-state index contributed by atoms with van der Waals surface area (Å²) in [6.07, 6.45) is 1.23. The molecule has 66 valence electrons. The van der Waals surface area contributed by atoms with Crippen LogP contribution in [0.4, 0.5) is 4.39 Å². The van der Waals surface area contributed by atoms with Gasteiger partial charge in [-0.1, -0.05) is 11.6 Å². The molecule has 12 heavy (non-hydrogen) atoms. The lowest BCUT2D eigenvalue weighted by molar-refractivity contribution is 0.546. The number of hydrogen-bond acceptors (Lipinski definition) is 3. The van der Waals surface area contributed by atoms with Gasteiger partial charge in [0.2, 0.25) is 5.95 Å². The number of nitrogens with zero attached hydrogens (tertiary/aromatic N) is 1. The van der Waals surface area contributed by atoms with E-state index in [0.29, 0.717) is 5.02 Å². The molecule has 0 aromatic carbocycles. The summed E-state index contributed by atoms with van der Waals surface area (Å²) in [5, 5.41) is 0.357. The van der Waals surface area contributed by atoms with Gasteiger partial charge in [-0.15, -0.1) is 0 Å². The fourth-order valence-electron chi connectivity index (χ4n) is 0.825. The molecule has 0 fully saturated rings. The third-order valence-electron chi connectivity index (χ3n) is 1.49. The highest BCUT2D eigenvalue weighted by Gasteiger charge is 2.10. The largest absolute Gasteiger partial charge is 0.329 e. The van der Waals surface area contributed by atoms with Crippen molar-refractivity contribution in [2.45, 2.75) is 6.04 Å². The number of nitrogens with two attached hydrogens (primary N) is 2. The van der Waals surface area contributed by atoms with Crippen LogP contribution in [-0.2, 0) is 0 Å². The highest BCUT2D eigenvalue weighted by atomic mass is 35.5. The molecule has 0 saturated heterocycles. The summed E-state index contributed by atoms with van der Waals surface area (Å²) in [5.41, 5.74) is 11.0. The van der Waals surface area contributed by atoms with E-state index in [0.717, 1.165) is 0 Å². The Kier molecular flexibility index (Phi) is 2.97. The van der Waals surface area contributed by atoms with Crippen LogP contribution in [0.5, 0.6) is 0 Å². The Morgan fingerprint density at radius 2 is 2.33 bits per heavy atom. The van der Waals surface area contributed by atoms with E-state index >= 15 is 0 Å². The molecule has 0 aliphatic heterocycles. The highest BCUT2D eigenvalue weighted by molar-refractivity contribution is 6.30. The minimum atomic E-state index is -0.614. The van der Waals surface area contributed by atoms with Crippen molar-refractivity contribution in [3.63, 3.8) is 0 Å². The fraction of sp³-hybridized carbons (Fsp3) is 0.286. The monoisotopic (exact) mass is 189 g/mol. The summed E-state index contributed by atoms with van der Waals surface area (Å²) in [6.45, 7) is 0.166. The predicted molar refractivity (Wildman–Crippen MR) is 45.2 cm³/mol. The second-order valence-corrected chi connectivity index (χ2v) is 2.81. The second kappa shape index (κ2) is 3.80. The Labute approximate surface area is 74.5 Å². The third kappa shape index (κ3) is 1.91. The smallest absolute Gasteiger partial charge is 0.217 e. The zero-order chi connectivity index (χ0) is 9.14. The first-order chi connectivity index (χ1) is 5.65. The van der Waals surface area contributed by atoms with Crippen molar-refractivity contribution in [1.82, 2.24) is 4.98 Å². The van der Waals surface area contributed by atoms with Crippen molar-refractivity contribution in [1.29, 1.82) is 0 Å². The molecule has 5 heteroatoms. The molecule has 0 amide bonds. The number of hydrogen-bond donors (Lipinski definition) is 2. The SMILES string of the molecule is NCC(N)c1cc(Cl)cnc1F. The fourth-order valence-corrected chi connectivity index (χ4v) is 0.992. The Morgan fingerprint density at radius 1 is 1.67 bits per heavy atom. The Morgan fingerprint density at radius 3 is 2.92 bits per heavy atom. The number of aromatic nitrogens is 1. The van der Waals surface area contributed by atoms with Crippen molar-refractivity contribution in [2.75, 3.05) is 6.54 Å². The van der Waals surface area contributed by atoms with Gasteiger partial charge in [-0.25, -0.2) is 4.98 Å². The minimum Gasteiger partial charge on any atom is -0.329 e. The second-order valence-electron chi connectivity index (χ2n) is 2.38. The van der Waals surface area contributed by atoms with Crippen molar-refractivity contribution in [3.8, 4) is 0 Å². The van der Waals surface area contributed by atoms with Crippen LogP contribution < -0.4 is 11.5 Å². The van der Waals surface area contributed by atoms with Crippen molar-refractivity contribution in [2.24, 2.45) is 11.5 Å². The lowest BCUT2D eigenvalue weighted by Gasteiger charge is -2.08. The molecule has 0 aliphatic rings. The van der Waals surface area contributed by atoms with E-state index in [1.807, 2.05) is 0 Å². The van der Waals surface area contributed by atoms with E-state index in [2.05, 4.69) is 4.98 Å². The van der Waals surface area contributed by atoms with Gasteiger partial charge in [0.1, 0.15) is 0 Å². The number of pyridine rings is 1. The molecule has 1 unspecified atom stereocenters. The standard InChI is InChI=1S/C7H9ClFN3/c8-4-1-5(6(11)2-10)7(9)12-3-4/h1,3,6H,2,10-11H2. The van der Waals surface area contributed by atoms with Gasteiger partial charge in [-0.3, -0.25) is 0 Å². The topological polar surface area (TPSA) is 64.9 Å². The Bertz CT molecular complexity index is 279. The Balaban J connectivity index is 3.04. The van der Waals surface area contributed by atoms with Gasteiger partial charge in [0, 0.05) is 24.3 Å². The molecule has 4 N–H and O–H groups in total. The molecule has 0 radical (unpaired) electrons. The van der Waals surface area contributed by atoms with Gasteiger partial charge in [-0.2, -0.15) is 4.39 Å². The first kappa shape index (κ1) is 9.38. The van der Waals surface area contributed by atoms with E-state index < -0.39 is 12.0 Å². The molecule has 0 aliphatic carbocycles. The van der Waals surface area contributed by atoms with E-state index in [1.54, 1.807) is 0 Å². The maximum absolute atomic E-state index is 12.9. The third-order valence-corrected chi connectivity index (χ3v) is 1.69. The van der Waals surface area contributed by atoms with Gasteiger partial charge in [0.05, 0.1) is 5.02 Å². The zero-order valence-corrected chi connectivity index (χ0v) is 7.05. The van der Waals surface area contributed by atoms with Gasteiger partial charge in [0.25, 0.3) is 0 Å². The first-order valence-electron chi connectivity index (χ1n) is 3.41. The van der Waals surface area contributed by atoms with Crippen molar-refractivity contribution in [3.05, 3.63) is 28.8 Å². The molecule has 1 aromatic heterocycles. The summed E-state index contributed by atoms with van der Waals surface area (Å²) >= 11 is 5.59. The van der Waals surface area contributed by atoms with E-state index in [4.69, 9.17) is 23.1 Å². The average molecular weight is 190 g/mol. The summed E-state index contributed by atoms with van der Waals surface area (Å²) in [6, 6.07) is 0.887. The van der Waals surface area contributed by atoms with Crippen LogP contribution in [-0.4, -0.2) is 11.5 Å². The summed E-state index contributed by atoms with van der Waals surface area (Å²) in [5.74, 6) is -0.614. The van der Waals surface area contributed by atoms with Crippen LogP contribution in [0.3, 0.4) is 0 Å². The molecule has 1 atom stereocenters. The van der Waals surface area contributed by atoms with Gasteiger partial charge < -0.3 is 11.5 Å². The normalized spacial score (nSPS) is 13.0. The van der Waals surface area contributed by atoms with Crippen LogP contribution in [0.25, 0.3) is 0 Å². The molecule has 0 spiro atoms.